The smallest absolute Gasteiger partial charge is 0.392 e. The van der Waals surface area contributed by atoms with Gasteiger partial charge in [0.2, 0.25) is 0 Å². The SMILES string of the molecule is O=c1c2c(c3ccc(-c4ccc(CO)cn4)cc3n1CC(F)(F)F)CN=C2. The topological polar surface area (TPSA) is 67.5 Å². The average molecular weight is 373 g/mol. The van der Waals surface area contributed by atoms with Crippen LogP contribution in [0.1, 0.15) is 16.7 Å². The maximum absolute atomic E-state index is 13.1. The highest BCUT2D eigenvalue weighted by atomic mass is 19.4. The first-order valence-corrected chi connectivity index (χ1v) is 8.19. The molecule has 5 nitrogen and oxygen atoms in total. The quantitative estimate of drug-likeness (QED) is 0.767. The molecule has 1 N–H and O–H groups in total. The van der Waals surface area contributed by atoms with Gasteiger partial charge in [0, 0.05) is 23.4 Å². The molecule has 0 atom stereocenters. The number of aliphatic hydroxyl groups excluding tert-OH is 1. The molecule has 0 spiro atoms. The van der Waals surface area contributed by atoms with Crippen LogP contribution < -0.4 is 5.56 Å². The number of benzene rings is 1. The van der Waals surface area contributed by atoms with Crippen molar-refractivity contribution in [3.05, 3.63) is 63.6 Å². The predicted molar refractivity (Wildman–Crippen MR) is 94.7 cm³/mol. The van der Waals surface area contributed by atoms with Crippen LogP contribution in [0.4, 0.5) is 13.2 Å². The van der Waals surface area contributed by atoms with Crippen molar-refractivity contribution in [1.82, 2.24) is 9.55 Å². The summed E-state index contributed by atoms with van der Waals surface area (Å²) in [4.78, 5) is 20.9. The van der Waals surface area contributed by atoms with Gasteiger partial charge in [0.05, 0.1) is 29.9 Å². The van der Waals surface area contributed by atoms with Crippen molar-refractivity contribution in [1.29, 1.82) is 0 Å². The van der Waals surface area contributed by atoms with Gasteiger partial charge >= 0.3 is 6.18 Å². The van der Waals surface area contributed by atoms with E-state index in [1.807, 2.05) is 0 Å². The number of aromatic nitrogens is 2. The minimum absolute atomic E-state index is 0.151. The summed E-state index contributed by atoms with van der Waals surface area (Å²) < 4.78 is 40.0. The third-order valence-corrected chi connectivity index (χ3v) is 4.52. The van der Waals surface area contributed by atoms with Crippen molar-refractivity contribution in [2.45, 2.75) is 25.9 Å². The van der Waals surface area contributed by atoms with Gasteiger partial charge in [0.15, 0.2) is 0 Å². The van der Waals surface area contributed by atoms with Crippen LogP contribution in [0.15, 0.2) is 46.3 Å². The Balaban J connectivity index is 1.95. The summed E-state index contributed by atoms with van der Waals surface area (Å²) >= 11 is 0. The lowest BCUT2D eigenvalue weighted by atomic mass is 10.0. The normalized spacial score (nSPS) is 13.3. The Morgan fingerprint density at radius 2 is 2.00 bits per heavy atom. The molecule has 0 amide bonds. The van der Waals surface area contributed by atoms with Gasteiger partial charge in [0.1, 0.15) is 6.54 Å². The number of nitrogens with zero attached hydrogens (tertiary/aromatic N) is 3. The van der Waals surface area contributed by atoms with E-state index in [9.17, 15) is 18.0 Å². The fourth-order valence-electron chi connectivity index (χ4n) is 3.26. The molecule has 2 aromatic heterocycles. The van der Waals surface area contributed by atoms with Gasteiger partial charge < -0.3 is 5.11 Å². The summed E-state index contributed by atoms with van der Waals surface area (Å²) in [5, 5.41) is 9.68. The van der Waals surface area contributed by atoms with Gasteiger partial charge in [-0.25, -0.2) is 0 Å². The Hall–Kier alpha value is -3.00. The molecular weight excluding hydrogens is 359 g/mol. The molecule has 3 aromatic rings. The van der Waals surface area contributed by atoms with Gasteiger partial charge in [-0.3, -0.25) is 19.3 Å². The zero-order chi connectivity index (χ0) is 19.2. The number of alkyl halides is 3. The predicted octanol–water partition coefficient (Wildman–Crippen LogP) is 3.05. The van der Waals surface area contributed by atoms with Gasteiger partial charge in [-0.05, 0) is 23.3 Å². The molecule has 0 unspecified atom stereocenters. The minimum Gasteiger partial charge on any atom is -0.392 e. The Kier molecular flexibility index (Phi) is 4.07. The molecule has 4 rings (SSSR count). The molecule has 138 valence electrons. The molecule has 1 aliphatic heterocycles. The molecule has 0 radical (unpaired) electrons. The molecule has 8 heteroatoms. The van der Waals surface area contributed by atoms with Gasteiger partial charge in [-0.15, -0.1) is 0 Å². The first kappa shape index (κ1) is 17.4. The Morgan fingerprint density at radius 3 is 2.67 bits per heavy atom. The van der Waals surface area contributed by atoms with Gasteiger partial charge in [-0.1, -0.05) is 18.2 Å². The van der Waals surface area contributed by atoms with E-state index in [1.54, 1.807) is 30.3 Å². The van der Waals surface area contributed by atoms with Gasteiger partial charge in [0.25, 0.3) is 5.56 Å². The van der Waals surface area contributed by atoms with Crippen molar-refractivity contribution >= 4 is 17.1 Å². The van der Waals surface area contributed by atoms with Crippen LogP contribution >= 0.6 is 0 Å². The number of pyridine rings is 2. The van der Waals surface area contributed by atoms with E-state index >= 15 is 0 Å². The van der Waals surface area contributed by atoms with E-state index in [2.05, 4.69) is 9.98 Å². The zero-order valence-electron chi connectivity index (χ0n) is 14.0. The highest BCUT2D eigenvalue weighted by molar-refractivity contribution is 5.95. The van der Waals surface area contributed by atoms with Crippen molar-refractivity contribution in [2.75, 3.05) is 0 Å². The summed E-state index contributed by atoms with van der Waals surface area (Å²) in [6, 6.07) is 8.36. The van der Waals surface area contributed by atoms with Crippen LogP contribution in [0.3, 0.4) is 0 Å². The van der Waals surface area contributed by atoms with Crippen LogP contribution in [-0.2, 0) is 19.7 Å². The van der Waals surface area contributed by atoms with Crippen LogP contribution in [0, 0.1) is 0 Å². The van der Waals surface area contributed by atoms with E-state index in [4.69, 9.17) is 5.11 Å². The fraction of sp³-hybridized carbons (Fsp3) is 0.211. The second kappa shape index (κ2) is 6.31. The molecule has 0 saturated carbocycles. The van der Waals surface area contributed by atoms with E-state index < -0.39 is 18.3 Å². The van der Waals surface area contributed by atoms with E-state index in [1.165, 1.54) is 12.4 Å². The highest BCUT2D eigenvalue weighted by Crippen LogP contribution is 2.29. The number of rotatable bonds is 3. The lowest BCUT2D eigenvalue weighted by Gasteiger charge is -2.16. The van der Waals surface area contributed by atoms with Crippen LogP contribution in [-0.4, -0.2) is 27.0 Å². The third kappa shape index (κ3) is 3.12. The summed E-state index contributed by atoms with van der Waals surface area (Å²) in [5.41, 5.74) is 2.11. The second-order valence-electron chi connectivity index (χ2n) is 6.31. The Labute approximate surface area is 151 Å². The molecule has 0 saturated heterocycles. The second-order valence-corrected chi connectivity index (χ2v) is 6.31. The molecule has 1 aliphatic rings. The Morgan fingerprint density at radius 1 is 1.19 bits per heavy atom. The van der Waals surface area contributed by atoms with Gasteiger partial charge in [-0.2, -0.15) is 13.2 Å². The third-order valence-electron chi connectivity index (χ3n) is 4.52. The van der Waals surface area contributed by atoms with Crippen molar-refractivity contribution < 1.29 is 18.3 Å². The highest BCUT2D eigenvalue weighted by Gasteiger charge is 2.31. The zero-order valence-corrected chi connectivity index (χ0v) is 14.0. The van der Waals surface area contributed by atoms with E-state index in [-0.39, 0.29) is 24.2 Å². The number of aliphatic hydroxyl groups is 1. The summed E-state index contributed by atoms with van der Waals surface area (Å²) in [7, 11) is 0. The molecule has 0 fully saturated rings. The number of fused-ring (bicyclic) bond motifs is 3. The maximum atomic E-state index is 13.1. The first-order valence-electron chi connectivity index (χ1n) is 8.19. The largest absolute Gasteiger partial charge is 0.406 e. The first-order chi connectivity index (χ1) is 12.9. The monoisotopic (exact) mass is 373 g/mol. The molecule has 3 heterocycles. The average Bonchev–Trinajstić information content (AvgIpc) is 3.14. The minimum atomic E-state index is -4.53. The molecule has 0 aliphatic carbocycles. The van der Waals surface area contributed by atoms with Crippen LogP contribution in [0.5, 0.6) is 0 Å². The molecule has 1 aromatic carbocycles. The van der Waals surface area contributed by atoms with Crippen molar-refractivity contribution in [3.63, 3.8) is 0 Å². The van der Waals surface area contributed by atoms with E-state index in [0.29, 0.717) is 27.8 Å². The number of hydrogen-bond donors (Lipinski definition) is 1. The van der Waals surface area contributed by atoms with Crippen molar-refractivity contribution in [3.8, 4) is 11.3 Å². The number of halogens is 3. The molecular formula is C19H14F3N3O2. The number of hydrogen-bond acceptors (Lipinski definition) is 4. The molecule has 27 heavy (non-hydrogen) atoms. The van der Waals surface area contributed by atoms with Crippen molar-refractivity contribution in [2.24, 2.45) is 4.99 Å². The van der Waals surface area contributed by atoms with Crippen LogP contribution in [0.2, 0.25) is 0 Å². The summed E-state index contributed by atoms with van der Waals surface area (Å²) in [5.74, 6) is 0. The standard InChI is InChI=1S/C19H14F3N3O2/c20-19(21,22)10-25-17-5-12(16-4-1-11(9-26)6-24-16)2-3-13(17)14-7-23-8-15(14)18(25)27/h1-6,8,26H,7,9-10H2. The fourth-order valence-corrected chi connectivity index (χ4v) is 3.26. The summed E-state index contributed by atoms with van der Waals surface area (Å²) in [6.45, 7) is -1.25. The van der Waals surface area contributed by atoms with Crippen LogP contribution in [0.25, 0.3) is 22.2 Å². The Bertz CT molecular complexity index is 1120. The number of aliphatic imine (C=N–C) groups is 1. The van der Waals surface area contributed by atoms with E-state index in [0.717, 1.165) is 4.57 Å². The summed E-state index contributed by atoms with van der Waals surface area (Å²) in [6.07, 6.45) is -1.69. The lowest BCUT2D eigenvalue weighted by Crippen LogP contribution is -2.31. The lowest BCUT2D eigenvalue weighted by molar-refractivity contribution is -0.140. The maximum Gasteiger partial charge on any atom is 0.406 e. The molecule has 0 bridgehead atoms.